The first-order chi connectivity index (χ1) is 8.08. The molecule has 0 amide bonds. The van der Waals surface area contributed by atoms with E-state index in [4.69, 9.17) is 11.6 Å². The molecular formula is C10H15ClN2O2S2. The molecule has 0 aromatic carbocycles. The number of thiophene rings is 1. The molecule has 1 aliphatic rings. The second-order valence-electron chi connectivity index (χ2n) is 3.95. The fourth-order valence-electron chi connectivity index (χ4n) is 1.80. The number of nitrogens with zero attached hydrogens (tertiary/aromatic N) is 1. The van der Waals surface area contributed by atoms with Gasteiger partial charge < -0.3 is 5.32 Å². The molecule has 0 unspecified atom stereocenters. The van der Waals surface area contributed by atoms with Gasteiger partial charge in [0.15, 0.2) is 0 Å². The highest BCUT2D eigenvalue weighted by Gasteiger charge is 2.27. The van der Waals surface area contributed by atoms with E-state index in [1.807, 2.05) is 12.1 Å². The van der Waals surface area contributed by atoms with Crippen molar-refractivity contribution in [1.82, 2.24) is 9.62 Å². The van der Waals surface area contributed by atoms with E-state index in [1.165, 1.54) is 4.88 Å². The molecule has 1 aromatic rings. The summed E-state index contributed by atoms with van der Waals surface area (Å²) in [6.07, 6.45) is 0.753. The number of hydrogen-bond donors (Lipinski definition) is 1. The van der Waals surface area contributed by atoms with Gasteiger partial charge in [0, 0.05) is 31.1 Å². The van der Waals surface area contributed by atoms with E-state index >= 15 is 0 Å². The van der Waals surface area contributed by atoms with Crippen molar-refractivity contribution in [1.29, 1.82) is 0 Å². The number of hydrogen-bond acceptors (Lipinski definition) is 4. The molecule has 0 bridgehead atoms. The average Bonchev–Trinajstić information content (AvgIpc) is 2.80. The van der Waals surface area contributed by atoms with Crippen LogP contribution in [0, 0.1) is 0 Å². The minimum atomic E-state index is -2.95. The first-order valence-electron chi connectivity index (χ1n) is 5.51. The zero-order chi connectivity index (χ0) is 12.3. The summed E-state index contributed by atoms with van der Waals surface area (Å²) in [5, 5.41) is 3.23. The predicted octanol–water partition coefficient (Wildman–Crippen LogP) is 1.53. The van der Waals surface area contributed by atoms with Gasteiger partial charge in [-0.15, -0.1) is 11.3 Å². The number of nitrogens with one attached hydrogen (secondary N) is 1. The van der Waals surface area contributed by atoms with Crippen LogP contribution in [-0.4, -0.2) is 38.1 Å². The third-order valence-electron chi connectivity index (χ3n) is 2.67. The molecule has 96 valence electrons. The normalized spacial score (nSPS) is 19.8. The van der Waals surface area contributed by atoms with Crippen LogP contribution in [0.15, 0.2) is 12.1 Å². The van der Waals surface area contributed by atoms with Crippen LogP contribution in [0.25, 0.3) is 0 Å². The first-order valence-corrected chi connectivity index (χ1v) is 8.31. The van der Waals surface area contributed by atoms with Gasteiger partial charge in [-0.25, -0.2) is 12.7 Å². The third kappa shape index (κ3) is 3.66. The molecule has 2 rings (SSSR count). The highest BCUT2D eigenvalue weighted by molar-refractivity contribution is 7.89. The van der Waals surface area contributed by atoms with E-state index in [0.29, 0.717) is 25.4 Å². The lowest BCUT2D eigenvalue weighted by Crippen LogP contribution is -2.33. The molecule has 1 aromatic heterocycles. The van der Waals surface area contributed by atoms with Crippen molar-refractivity contribution in [2.75, 3.05) is 25.4 Å². The van der Waals surface area contributed by atoms with E-state index in [0.717, 1.165) is 17.3 Å². The standard InChI is InChI=1S/C10H15ClN2O2S2/c11-10-3-2-9(16-10)8-12-4-6-13-5-1-7-17(13,14)15/h2-3,12H,1,4-8H2. The first kappa shape index (κ1) is 13.3. The SMILES string of the molecule is O=S1(=O)CCCN1CCNCc1ccc(Cl)s1. The second kappa shape index (κ2) is 5.67. The monoisotopic (exact) mass is 294 g/mol. The van der Waals surface area contributed by atoms with Gasteiger partial charge in [-0.3, -0.25) is 0 Å². The minimum absolute atomic E-state index is 0.299. The zero-order valence-corrected chi connectivity index (χ0v) is 11.7. The Bertz CT molecular complexity index is 472. The van der Waals surface area contributed by atoms with Gasteiger partial charge >= 0.3 is 0 Å². The maximum atomic E-state index is 11.5. The maximum Gasteiger partial charge on any atom is 0.214 e. The van der Waals surface area contributed by atoms with E-state index in [2.05, 4.69) is 5.32 Å². The summed E-state index contributed by atoms with van der Waals surface area (Å²) < 4.78 is 25.4. The average molecular weight is 295 g/mol. The van der Waals surface area contributed by atoms with Crippen LogP contribution in [0.4, 0.5) is 0 Å². The smallest absolute Gasteiger partial charge is 0.214 e. The Kier molecular flexibility index (Phi) is 4.43. The lowest BCUT2D eigenvalue weighted by molar-refractivity contribution is 0.434. The highest BCUT2D eigenvalue weighted by Crippen LogP contribution is 2.20. The van der Waals surface area contributed by atoms with Gasteiger partial charge in [-0.2, -0.15) is 0 Å². The second-order valence-corrected chi connectivity index (χ2v) is 7.84. The number of rotatable bonds is 5. The summed E-state index contributed by atoms with van der Waals surface area (Å²) in [7, 11) is -2.95. The van der Waals surface area contributed by atoms with Crippen molar-refractivity contribution >= 4 is 33.0 Å². The fourth-order valence-corrected chi connectivity index (χ4v) is 4.39. The van der Waals surface area contributed by atoms with Crippen molar-refractivity contribution in [2.24, 2.45) is 0 Å². The Hall–Kier alpha value is -0.140. The van der Waals surface area contributed by atoms with Crippen LogP contribution in [0.2, 0.25) is 4.34 Å². The molecule has 0 spiro atoms. The molecule has 0 aliphatic carbocycles. The van der Waals surface area contributed by atoms with E-state index in [9.17, 15) is 8.42 Å². The van der Waals surface area contributed by atoms with Crippen LogP contribution < -0.4 is 5.32 Å². The van der Waals surface area contributed by atoms with Crippen LogP contribution in [0.3, 0.4) is 0 Å². The zero-order valence-electron chi connectivity index (χ0n) is 9.36. The molecular weight excluding hydrogens is 280 g/mol. The lowest BCUT2D eigenvalue weighted by Gasteiger charge is -2.14. The highest BCUT2D eigenvalue weighted by atomic mass is 35.5. The quantitative estimate of drug-likeness (QED) is 0.838. The molecule has 17 heavy (non-hydrogen) atoms. The van der Waals surface area contributed by atoms with Crippen molar-refractivity contribution in [3.8, 4) is 0 Å². The molecule has 4 nitrogen and oxygen atoms in total. The number of sulfonamides is 1. The molecule has 1 aliphatic heterocycles. The van der Waals surface area contributed by atoms with Crippen LogP contribution in [-0.2, 0) is 16.6 Å². The van der Waals surface area contributed by atoms with Crippen molar-refractivity contribution < 1.29 is 8.42 Å². The Morgan fingerprint density at radius 2 is 2.29 bits per heavy atom. The molecule has 1 N–H and O–H groups in total. The molecule has 0 saturated carbocycles. The fraction of sp³-hybridized carbons (Fsp3) is 0.600. The van der Waals surface area contributed by atoms with E-state index in [1.54, 1.807) is 15.6 Å². The summed E-state index contributed by atoms with van der Waals surface area (Å²) in [5.41, 5.74) is 0. The summed E-state index contributed by atoms with van der Waals surface area (Å²) in [5.74, 6) is 0.299. The van der Waals surface area contributed by atoms with Gasteiger partial charge in [0.05, 0.1) is 10.1 Å². The van der Waals surface area contributed by atoms with Crippen molar-refractivity contribution in [2.45, 2.75) is 13.0 Å². The van der Waals surface area contributed by atoms with Gasteiger partial charge in [0.25, 0.3) is 0 Å². The number of halogens is 1. The predicted molar refractivity (Wildman–Crippen MR) is 71.0 cm³/mol. The van der Waals surface area contributed by atoms with Crippen LogP contribution in [0.1, 0.15) is 11.3 Å². The van der Waals surface area contributed by atoms with Gasteiger partial charge in [-0.05, 0) is 18.6 Å². The van der Waals surface area contributed by atoms with Crippen molar-refractivity contribution in [3.05, 3.63) is 21.3 Å². The molecule has 7 heteroatoms. The van der Waals surface area contributed by atoms with E-state index < -0.39 is 10.0 Å². The van der Waals surface area contributed by atoms with E-state index in [-0.39, 0.29) is 0 Å². The Morgan fingerprint density at radius 1 is 1.47 bits per heavy atom. The summed E-state index contributed by atoms with van der Waals surface area (Å²) in [6, 6.07) is 3.85. The minimum Gasteiger partial charge on any atom is -0.311 e. The van der Waals surface area contributed by atoms with Gasteiger partial charge in [-0.1, -0.05) is 11.6 Å². The van der Waals surface area contributed by atoms with Gasteiger partial charge in [0.2, 0.25) is 10.0 Å². The summed E-state index contributed by atoms with van der Waals surface area (Å²) in [4.78, 5) is 1.17. The third-order valence-corrected chi connectivity index (χ3v) is 5.86. The maximum absolute atomic E-state index is 11.5. The molecule has 0 atom stereocenters. The van der Waals surface area contributed by atoms with Gasteiger partial charge in [0.1, 0.15) is 0 Å². The lowest BCUT2D eigenvalue weighted by atomic mass is 10.4. The Labute approximate surface area is 111 Å². The molecule has 1 fully saturated rings. The molecule has 0 radical (unpaired) electrons. The topological polar surface area (TPSA) is 49.4 Å². The summed E-state index contributed by atoms with van der Waals surface area (Å²) in [6.45, 7) is 2.64. The Balaban J connectivity index is 1.70. The van der Waals surface area contributed by atoms with Crippen LogP contribution in [0.5, 0.6) is 0 Å². The van der Waals surface area contributed by atoms with Crippen molar-refractivity contribution in [3.63, 3.8) is 0 Å². The van der Waals surface area contributed by atoms with Crippen LogP contribution >= 0.6 is 22.9 Å². The summed E-state index contributed by atoms with van der Waals surface area (Å²) >= 11 is 7.36. The molecule has 2 heterocycles. The Morgan fingerprint density at radius 3 is 2.88 bits per heavy atom. The molecule has 1 saturated heterocycles. The largest absolute Gasteiger partial charge is 0.311 e.